The Morgan fingerprint density at radius 1 is 1.35 bits per heavy atom. The van der Waals surface area contributed by atoms with Crippen molar-refractivity contribution in [1.82, 2.24) is 15.2 Å². The number of hydrogen-bond donors (Lipinski definition) is 3. The Morgan fingerprint density at radius 3 is 3.10 bits per heavy atom. The summed E-state index contributed by atoms with van der Waals surface area (Å²) < 4.78 is 0. The minimum absolute atomic E-state index is 0.0241. The van der Waals surface area contributed by atoms with Crippen LogP contribution in [0.4, 0.5) is 5.69 Å². The van der Waals surface area contributed by atoms with Gasteiger partial charge in [-0.2, -0.15) is 10.2 Å². The van der Waals surface area contributed by atoms with Gasteiger partial charge in [-0.3, -0.25) is 10.2 Å². The van der Waals surface area contributed by atoms with Crippen LogP contribution in [0.1, 0.15) is 5.56 Å². The largest absolute Gasteiger partial charge is 0.361 e. The van der Waals surface area contributed by atoms with Crippen LogP contribution in [0.3, 0.4) is 0 Å². The fourth-order valence-corrected chi connectivity index (χ4v) is 1.97. The van der Waals surface area contributed by atoms with Crippen LogP contribution in [0.25, 0.3) is 10.9 Å². The molecule has 1 aromatic carbocycles. The summed E-state index contributed by atoms with van der Waals surface area (Å²) in [5.74, 6) is 0. The zero-order chi connectivity index (χ0) is 13.9. The van der Waals surface area contributed by atoms with Crippen LogP contribution in [0.2, 0.25) is 5.02 Å². The normalized spacial score (nSPS) is 11.2. The summed E-state index contributed by atoms with van der Waals surface area (Å²) in [4.78, 5) is 14.4. The molecule has 0 saturated heterocycles. The van der Waals surface area contributed by atoms with Crippen LogP contribution in [0.15, 0.2) is 46.6 Å². The molecule has 0 spiro atoms. The molecule has 0 unspecified atom stereocenters. The summed E-state index contributed by atoms with van der Waals surface area (Å²) in [5, 5.41) is 11.0. The molecule has 3 N–H and O–H groups in total. The zero-order valence-corrected chi connectivity index (χ0v) is 11.0. The van der Waals surface area contributed by atoms with E-state index < -0.39 is 5.56 Å². The van der Waals surface area contributed by atoms with Crippen molar-refractivity contribution < 1.29 is 0 Å². The monoisotopic (exact) mass is 287 g/mol. The highest BCUT2D eigenvalue weighted by atomic mass is 35.5. The van der Waals surface area contributed by atoms with Crippen molar-refractivity contribution in [3.63, 3.8) is 0 Å². The average molecular weight is 288 g/mol. The van der Waals surface area contributed by atoms with E-state index in [0.717, 1.165) is 16.5 Å². The molecule has 100 valence electrons. The summed E-state index contributed by atoms with van der Waals surface area (Å²) in [7, 11) is 0. The molecule has 0 radical (unpaired) electrons. The molecule has 3 aromatic rings. The maximum atomic E-state index is 11.3. The number of H-pyrrole nitrogens is 2. The van der Waals surface area contributed by atoms with Crippen molar-refractivity contribution >= 4 is 34.4 Å². The summed E-state index contributed by atoms with van der Waals surface area (Å²) in [6.07, 6.45) is 4.90. The third kappa shape index (κ3) is 2.28. The number of halogens is 1. The highest BCUT2D eigenvalue weighted by Gasteiger charge is 2.03. The first-order valence-corrected chi connectivity index (χ1v) is 6.22. The van der Waals surface area contributed by atoms with Crippen LogP contribution in [-0.2, 0) is 0 Å². The van der Waals surface area contributed by atoms with Crippen molar-refractivity contribution in [1.29, 1.82) is 0 Å². The summed E-state index contributed by atoms with van der Waals surface area (Å²) in [6, 6.07) is 7.89. The SMILES string of the molecule is O=c1[nH]ncc(N/N=C\c2c[nH]c3ccccc23)c1Cl. The van der Waals surface area contributed by atoms with E-state index in [-0.39, 0.29) is 5.02 Å². The van der Waals surface area contributed by atoms with E-state index in [2.05, 4.69) is 25.7 Å². The quantitative estimate of drug-likeness (QED) is 0.510. The second kappa shape index (κ2) is 5.18. The number of nitrogens with zero attached hydrogens (tertiary/aromatic N) is 2. The topological polar surface area (TPSA) is 85.9 Å². The molecular weight excluding hydrogens is 278 g/mol. The number of benzene rings is 1. The molecule has 7 heteroatoms. The van der Waals surface area contributed by atoms with Gasteiger partial charge in [0.15, 0.2) is 0 Å². The van der Waals surface area contributed by atoms with Crippen molar-refractivity contribution in [3.05, 3.63) is 57.6 Å². The van der Waals surface area contributed by atoms with Crippen molar-refractivity contribution in [2.24, 2.45) is 5.10 Å². The van der Waals surface area contributed by atoms with Crippen LogP contribution in [0, 0.1) is 0 Å². The van der Waals surface area contributed by atoms with Crippen molar-refractivity contribution in [2.45, 2.75) is 0 Å². The number of hydrogen-bond acceptors (Lipinski definition) is 4. The van der Waals surface area contributed by atoms with Gasteiger partial charge in [0.2, 0.25) is 0 Å². The van der Waals surface area contributed by atoms with E-state index in [1.807, 2.05) is 30.5 Å². The Labute approximate surface area is 118 Å². The maximum absolute atomic E-state index is 11.3. The number of aromatic nitrogens is 3. The molecule has 0 bridgehead atoms. The standard InChI is InChI=1S/C13H10ClN5O/c14-12-11(7-17-19-13(12)20)18-16-6-8-5-15-10-4-2-1-3-9(8)10/h1-7,15H,(H2,18,19,20)/b16-6-. The Bertz CT molecular complexity index is 836. The van der Waals surface area contributed by atoms with Crippen LogP contribution >= 0.6 is 11.6 Å². The van der Waals surface area contributed by atoms with Gasteiger partial charge >= 0.3 is 0 Å². The summed E-state index contributed by atoms with van der Waals surface area (Å²) in [6.45, 7) is 0. The van der Waals surface area contributed by atoms with Crippen LogP contribution < -0.4 is 11.0 Å². The highest BCUT2D eigenvalue weighted by Crippen LogP contribution is 2.17. The summed E-state index contributed by atoms with van der Waals surface area (Å²) >= 11 is 5.82. The van der Waals surface area contributed by atoms with E-state index in [4.69, 9.17) is 11.6 Å². The highest BCUT2D eigenvalue weighted by molar-refractivity contribution is 6.32. The second-order valence-corrected chi connectivity index (χ2v) is 4.46. The first-order chi connectivity index (χ1) is 9.75. The fourth-order valence-electron chi connectivity index (χ4n) is 1.83. The fraction of sp³-hybridized carbons (Fsp3) is 0. The molecule has 0 saturated carbocycles. The number of hydrazone groups is 1. The Morgan fingerprint density at radius 2 is 2.20 bits per heavy atom. The lowest BCUT2D eigenvalue weighted by molar-refractivity contribution is 0.987. The van der Waals surface area contributed by atoms with Gasteiger partial charge in [-0.05, 0) is 6.07 Å². The number of rotatable bonds is 3. The van der Waals surface area contributed by atoms with E-state index in [1.54, 1.807) is 6.21 Å². The van der Waals surface area contributed by atoms with Crippen LogP contribution in [0.5, 0.6) is 0 Å². The van der Waals surface area contributed by atoms with Crippen molar-refractivity contribution in [2.75, 3.05) is 5.43 Å². The molecule has 0 aliphatic rings. The molecule has 20 heavy (non-hydrogen) atoms. The molecule has 2 heterocycles. The number of para-hydroxylation sites is 1. The molecule has 6 nitrogen and oxygen atoms in total. The van der Waals surface area contributed by atoms with Gasteiger partial charge in [0.25, 0.3) is 5.56 Å². The number of nitrogens with one attached hydrogen (secondary N) is 3. The van der Waals surface area contributed by atoms with Crippen LogP contribution in [-0.4, -0.2) is 21.4 Å². The van der Waals surface area contributed by atoms with Gasteiger partial charge in [0.05, 0.1) is 12.4 Å². The molecule has 0 atom stereocenters. The smallest absolute Gasteiger partial charge is 0.285 e. The Hall–Kier alpha value is -2.60. The number of anilines is 1. The van der Waals surface area contributed by atoms with Gasteiger partial charge in [0, 0.05) is 22.7 Å². The predicted octanol–water partition coefficient (Wildman–Crippen LogP) is 2.35. The molecule has 0 amide bonds. The van der Waals surface area contributed by atoms with Gasteiger partial charge in [0.1, 0.15) is 10.7 Å². The Kier molecular flexibility index (Phi) is 3.22. The van der Waals surface area contributed by atoms with Gasteiger partial charge < -0.3 is 4.98 Å². The molecule has 2 aromatic heterocycles. The number of aromatic amines is 2. The van der Waals surface area contributed by atoms with E-state index >= 15 is 0 Å². The van der Waals surface area contributed by atoms with Gasteiger partial charge in [-0.25, -0.2) is 5.10 Å². The average Bonchev–Trinajstić information content (AvgIpc) is 2.87. The molecule has 0 aliphatic heterocycles. The van der Waals surface area contributed by atoms with E-state index in [0.29, 0.717) is 5.69 Å². The number of fused-ring (bicyclic) bond motifs is 1. The summed E-state index contributed by atoms with van der Waals surface area (Å²) in [5.41, 5.74) is 4.56. The Balaban J connectivity index is 1.84. The van der Waals surface area contributed by atoms with Crippen molar-refractivity contribution in [3.8, 4) is 0 Å². The molecular formula is C13H10ClN5O. The molecule has 0 aliphatic carbocycles. The first-order valence-electron chi connectivity index (χ1n) is 5.84. The lowest BCUT2D eigenvalue weighted by atomic mass is 10.2. The van der Waals surface area contributed by atoms with Gasteiger partial charge in [-0.1, -0.05) is 29.8 Å². The second-order valence-electron chi connectivity index (χ2n) is 4.09. The molecule has 3 rings (SSSR count). The maximum Gasteiger partial charge on any atom is 0.285 e. The van der Waals surface area contributed by atoms with E-state index in [1.165, 1.54) is 6.20 Å². The third-order valence-corrected chi connectivity index (χ3v) is 3.18. The lowest BCUT2D eigenvalue weighted by Crippen LogP contribution is -2.10. The molecule has 0 fully saturated rings. The van der Waals surface area contributed by atoms with E-state index in [9.17, 15) is 4.79 Å². The minimum atomic E-state index is -0.459. The van der Waals surface area contributed by atoms with Gasteiger partial charge in [-0.15, -0.1) is 0 Å². The zero-order valence-electron chi connectivity index (χ0n) is 10.2. The third-order valence-electron chi connectivity index (χ3n) is 2.81. The minimum Gasteiger partial charge on any atom is -0.361 e. The first kappa shape index (κ1) is 12.4. The lowest BCUT2D eigenvalue weighted by Gasteiger charge is -1.99. The predicted molar refractivity (Wildman–Crippen MR) is 79.4 cm³/mol.